The first-order valence-electron chi connectivity index (χ1n) is 12.2. The summed E-state index contributed by atoms with van der Waals surface area (Å²) in [5.74, 6) is -2.77. The van der Waals surface area contributed by atoms with Gasteiger partial charge in [0.25, 0.3) is 5.56 Å². The highest BCUT2D eigenvalue weighted by Crippen LogP contribution is 2.20. The highest BCUT2D eigenvalue weighted by atomic mass is 19.1. The molecule has 206 valence electrons. The number of ether oxygens (including phenoxy) is 2. The summed E-state index contributed by atoms with van der Waals surface area (Å²) in [5.41, 5.74) is 1.28. The molecule has 0 aliphatic rings. The molecule has 40 heavy (non-hydrogen) atoms. The van der Waals surface area contributed by atoms with E-state index in [9.17, 15) is 28.7 Å². The Labute approximate surface area is 227 Å². The van der Waals surface area contributed by atoms with Crippen LogP contribution in [0.2, 0.25) is 0 Å². The Morgan fingerprint density at radius 2 is 1.85 bits per heavy atom. The van der Waals surface area contributed by atoms with Crippen molar-refractivity contribution in [2.45, 2.75) is 26.0 Å². The summed E-state index contributed by atoms with van der Waals surface area (Å²) in [6, 6.07) is 16.9. The number of nitrogens with zero attached hydrogens (tertiary/aromatic N) is 3. The van der Waals surface area contributed by atoms with Crippen molar-refractivity contribution in [1.82, 2.24) is 15.0 Å². The molecule has 0 saturated carbocycles. The van der Waals surface area contributed by atoms with Crippen LogP contribution >= 0.6 is 0 Å². The quantitative estimate of drug-likeness (QED) is 0.265. The number of rotatable bonds is 11. The standard InChI is InChI=1S/C28H25FN4O7/c1-39-28(38)30-21-4-2-3-17(13-21)16-40-22-8-5-18(6-9-22)25(34)14-19(27(36)37)11-12-33-26(35)23-15-20(29)7-10-24(23)31-32-33/h2-10,13,15,19H,11-12,14,16H2,1H3,(H,30,38)(H,36,37). The Kier molecular flexibility index (Phi) is 8.79. The zero-order valence-electron chi connectivity index (χ0n) is 21.4. The number of carbonyl (C=O) groups excluding carboxylic acids is 2. The molecular weight excluding hydrogens is 523 g/mol. The van der Waals surface area contributed by atoms with Crippen LogP contribution < -0.4 is 15.6 Å². The molecule has 1 unspecified atom stereocenters. The summed E-state index contributed by atoms with van der Waals surface area (Å²) < 4.78 is 24.8. The van der Waals surface area contributed by atoms with E-state index in [2.05, 4.69) is 20.4 Å². The normalized spacial score (nSPS) is 11.6. The maximum absolute atomic E-state index is 13.5. The molecule has 0 spiro atoms. The molecule has 11 nitrogen and oxygen atoms in total. The number of carboxylic acids is 1. The van der Waals surface area contributed by atoms with Gasteiger partial charge >= 0.3 is 12.1 Å². The van der Waals surface area contributed by atoms with E-state index in [-0.39, 0.29) is 42.7 Å². The van der Waals surface area contributed by atoms with Gasteiger partial charge in [-0.15, -0.1) is 5.10 Å². The van der Waals surface area contributed by atoms with E-state index < -0.39 is 29.4 Å². The number of hydrogen-bond donors (Lipinski definition) is 2. The Morgan fingerprint density at radius 3 is 2.58 bits per heavy atom. The molecular formula is C28H25FN4O7. The number of aliphatic carboxylic acids is 1. The van der Waals surface area contributed by atoms with Gasteiger partial charge in [-0.1, -0.05) is 17.3 Å². The number of Topliss-reactive ketones (excluding diaryl/α,β-unsaturated/α-hetero) is 1. The molecule has 0 saturated heterocycles. The minimum absolute atomic E-state index is 0.0332. The monoisotopic (exact) mass is 548 g/mol. The Hall–Kier alpha value is -5.13. The molecule has 1 aromatic heterocycles. The zero-order valence-corrected chi connectivity index (χ0v) is 21.4. The third-order valence-electron chi connectivity index (χ3n) is 6.09. The third-order valence-corrected chi connectivity index (χ3v) is 6.09. The summed E-state index contributed by atoms with van der Waals surface area (Å²) in [4.78, 5) is 48.6. The number of fused-ring (bicyclic) bond motifs is 1. The minimum atomic E-state index is -1.19. The molecule has 1 atom stereocenters. The van der Waals surface area contributed by atoms with Gasteiger partial charge in [0, 0.05) is 24.2 Å². The molecule has 0 radical (unpaired) electrons. The maximum Gasteiger partial charge on any atom is 0.411 e. The van der Waals surface area contributed by atoms with Gasteiger partial charge in [-0.3, -0.25) is 19.7 Å². The fourth-order valence-corrected chi connectivity index (χ4v) is 3.94. The number of carboxylic acid groups (broad SMARTS) is 1. The molecule has 1 amide bonds. The van der Waals surface area contributed by atoms with E-state index >= 15 is 0 Å². The van der Waals surface area contributed by atoms with Crippen LogP contribution in [0.25, 0.3) is 10.9 Å². The molecule has 4 rings (SSSR count). The first kappa shape index (κ1) is 27.9. The predicted octanol–water partition coefficient (Wildman–Crippen LogP) is 4.05. The molecule has 0 bridgehead atoms. The van der Waals surface area contributed by atoms with Crippen molar-refractivity contribution in [3.63, 3.8) is 0 Å². The van der Waals surface area contributed by atoms with E-state index in [0.717, 1.165) is 22.4 Å². The Bertz CT molecular complexity index is 1600. The van der Waals surface area contributed by atoms with E-state index in [1.807, 2.05) is 6.07 Å². The highest BCUT2D eigenvalue weighted by Gasteiger charge is 2.23. The summed E-state index contributed by atoms with van der Waals surface area (Å²) in [6.07, 6.45) is -0.932. The van der Waals surface area contributed by atoms with Crippen molar-refractivity contribution in [3.05, 3.63) is 94.0 Å². The van der Waals surface area contributed by atoms with Gasteiger partial charge < -0.3 is 14.6 Å². The predicted molar refractivity (Wildman–Crippen MR) is 142 cm³/mol. The van der Waals surface area contributed by atoms with Crippen LogP contribution in [0.15, 0.2) is 71.5 Å². The summed E-state index contributed by atoms with van der Waals surface area (Å²) in [6.45, 7) is 0.0976. The van der Waals surface area contributed by atoms with E-state index in [1.54, 1.807) is 42.5 Å². The van der Waals surface area contributed by atoms with Crippen LogP contribution in [0, 0.1) is 11.7 Å². The highest BCUT2D eigenvalue weighted by molar-refractivity contribution is 5.98. The number of methoxy groups -OCH3 is 1. The van der Waals surface area contributed by atoms with Crippen molar-refractivity contribution in [3.8, 4) is 5.75 Å². The zero-order chi connectivity index (χ0) is 28.6. The number of anilines is 1. The number of amides is 1. The second kappa shape index (κ2) is 12.6. The van der Waals surface area contributed by atoms with Crippen molar-refractivity contribution in [2.75, 3.05) is 12.4 Å². The van der Waals surface area contributed by atoms with Crippen molar-refractivity contribution < 1.29 is 33.4 Å². The summed E-state index contributed by atoms with van der Waals surface area (Å²) in [5, 5.41) is 19.9. The van der Waals surface area contributed by atoms with Crippen LogP contribution in [0.5, 0.6) is 5.75 Å². The minimum Gasteiger partial charge on any atom is -0.489 e. The third kappa shape index (κ3) is 7.04. The fraction of sp³-hybridized carbons (Fsp3) is 0.214. The topological polar surface area (TPSA) is 150 Å². The lowest BCUT2D eigenvalue weighted by molar-refractivity contribution is -0.142. The van der Waals surface area contributed by atoms with Crippen LogP contribution in [0.4, 0.5) is 14.9 Å². The van der Waals surface area contributed by atoms with Crippen molar-refractivity contribution in [2.24, 2.45) is 5.92 Å². The number of carbonyl (C=O) groups is 3. The largest absolute Gasteiger partial charge is 0.489 e. The first-order valence-corrected chi connectivity index (χ1v) is 12.2. The molecule has 0 aliphatic carbocycles. The Morgan fingerprint density at radius 1 is 1.07 bits per heavy atom. The lowest BCUT2D eigenvalue weighted by Gasteiger charge is -2.13. The van der Waals surface area contributed by atoms with E-state index in [1.165, 1.54) is 13.2 Å². The van der Waals surface area contributed by atoms with Gasteiger partial charge in [-0.05, 0) is 66.6 Å². The van der Waals surface area contributed by atoms with Crippen molar-refractivity contribution in [1.29, 1.82) is 0 Å². The number of ketones is 1. The number of aryl methyl sites for hydroxylation is 1. The molecule has 2 N–H and O–H groups in total. The van der Waals surface area contributed by atoms with Crippen LogP contribution in [0.1, 0.15) is 28.8 Å². The van der Waals surface area contributed by atoms with Crippen molar-refractivity contribution >= 4 is 34.4 Å². The van der Waals surface area contributed by atoms with Gasteiger partial charge in [0.1, 0.15) is 23.7 Å². The molecule has 3 aromatic carbocycles. The molecule has 12 heteroatoms. The van der Waals surface area contributed by atoms with E-state index in [4.69, 9.17) is 4.74 Å². The van der Waals surface area contributed by atoms with Gasteiger partial charge in [0.05, 0.1) is 18.4 Å². The first-order chi connectivity index (χ1) is 19.2. The lowest BCUT2D eigenvalue weighted by atomic mass is 9.95. The second-order valence-corrected chi connectivity index (χ2v) is 8.86. The molecule has 1 heterocycles. The Balaban J connectivity index is 1.34. The van der Waals surface area contributed by atoms with Crippen LogP contribution in [0.3, 0.4) is 0 Å². The summed E-state index contributed by atoms with van der Waals surface area (Å²) in [7, 11) is 1.27. The smallest absolute Gasteiger partial charge is 0.411 e. The molecule has 0 aliphatic heterocycles. The van der Waals surface area contributed by atoms with Gasteiger partial charge in [-0.2, -0.15) is 0 Å². The molecule has 0 fully saturated rings. The average Bonchev–Trinajstić information content (AvgIpc) is 2.95. The van der Waals surface area contributed by atoms with Crippen LogP contribution in [-0.4, -0.2) is 45.1 Å². The number of halogens is 1. The lowest BCUT2D eigenvalue weighted by Crippen LogP contribution is -2.27. The van der Waals surface area contributed by atoms with E-state index in [0.29, 0.717) is 17.0 Å². The van der Waals surface area contributed by atoms with Gasteiger partial charge in [0.15, 0.2) is 5.78 Å². The number of hydrogen-bond acceptors (Lipinski definition) is 8. The maximum atomic E-state index is 13.5. The summed E-state index contributed by atoms with van der Waals surface area (Å²) >= 11 is 0. The number of aromatic nitrogens is 3. The second-order valence-electron chi connectivity index (χ2n) is 8.86. The fourth-order valence-electron chi connectivity index (χ4n) is 3.94. The number of nitrogens with one attached hydrogen (secondary N) is 1. The van der Waals surface area contributed by atoms with Crippen LogP contribution in [-0.2, 0) is 22.7 Å². The number of benzene rings is 3. The van der Waals surface area contributed by atoms with Gasteiger partial charge in [0.2, 0.25) is 0 Å². The van der Waals surface area contributed by atoms with Gasteiger partial charge in [-0.25, -0.2) is 13.9 Å². The molecule has 4 aromatic rings. The average molecular weight is 549 g/mol. The SMILES string of the molecule is COC(=O)Nc1cccc(COc2ccc(C(=O)CC(CCn3nnc4ccc(F)cc4c3=O)C(=O)O)cc2)c1.